The van der Waals surface area contributed by atoms with Crippen LogP contribution in [0.2, 0.25) is 0 Å². The number of carbonyl (C=O) groups is 1. The lowest BCUT2D eigenvalue weighted by Crippen LogP contribution is -2.43. The van der Waals surface area contributed by atoms with E-state index in [1.807, 2.05) is 4.90 Å². The fraction of sp³-hybridized carbons (Fsp3) is 0.737. The average Bonchev–Trinajstić information content (AvgIpc) is 3.36. The second-order valence-corrected chi connectivity index (χ2v) is 8.23. The summed E-state index contributed by atoms with van der Waals surface area (Å²) in [6.07, 6.45) is 7.57. The van der Waals surface area contributed by atoms with E-state index in [2.05, 4.69) is 20.1 Å². The number of rotatable bonds is 4. The van der Waals surface area contributed by atoms with Gasteiger partial charge in [-0.15, -0.1) is 0 Å². The third-order valence-corrected chi connectivity index (χ3v) is 6.20. The largest absolute Gasteiger partial charge is 0.353 e. The van der Waals surface area contributed by atoms with Gasteiger partial charge in [-0.2, -0.15) is 0 Å². The summed E-state index contributed by atoms with van der Waals surface area (Å²) < 4.78 is 4.87. The summed E-state index contributed by atoms with van der Waals surface area (Å²) in [6, 6.07) is 0. The number of likely N-dealkylation sites (tertiary alicyclic amines) is 1. The van der Waals surface area contributed by atoms with E-state index in [0.29, 0.717) is 29.5 Å². The zero-order valence-electron chi connectivity index (χ0n) is 16.2. The fourth-order valence-corrected chi connectivity index (χ4v) is 4.77. The van der Waals surface area contributed by atoms with E-state index in [4.69, 9.17) is 14.6 Å². The molecule has 2 aromatic rings. The first-order chi connectivity index (χ1) is 13.8. The molecule has 2 aromatic heterocycles. The molecule has 150 valence electrons. The molecule has 0 N–H and O–H groups in total. The minimum absolute atomic E-state index is 0.306. The molecule has 3 fully saturated rings. The van der Waals surface area contributed by atoms with Crippen molar-refractivity contribution in [3.8, 4) is 0 Å². The van der Waals surface area contributed by atoms with Gasteiger partial charge in [-0.1, -0.05) is 0 Å². The SMILES string of the molecule is O=C1CCCN1CC1CCCN(c2nc3nonc3nc2N2CCCCC2)C1. The molecule has 5 heterocycles. The van der Waals surface area contributed by atoms with Crippen molar-refractivity contribution in [3.05, 3.63) is 0 Å². The van der Waals surface area contributed by atoms with Crippen molar-refractivity contribution in [1.82, 2.24) is 25.2 Å². The number of hydrogen-bond acceptors (Lipinski definition) is 8. The van der Waals surface area contributed by atoms with Gasteiger partial charge in [0.05, 0.1) is 0 Å². The Bertz CT molecular complexity index is 848. The van der Waals surface area contributed by atoms with Crippen molar-refractivity contribution < 1.29 is 9.42 Å². The molecule has 3 aliphatic heterocycles. The van der Waals surface area contributed by atoms with Gasteiger partial charge >= 0.3 is 0 Å². The van der Waals surface area contributed by atoms with Crippen LogP contribution in [0.5, 0.6) is 0 Å². The van der Waals surface area contributed by atoms with Crippen LogP contribution in [-0.2, 0) is 4.79 Å². The molecule has 0 saturated carbocycles. The Morgan fingerprint density at radius 3 is 2.29 bits per heavy atom. The molecule has 1 amide bonds. The summed E-state index contributed by atoms with van der Waals surface area (Å²) in [6.45, 7) is 5.61. The molecule has 0 aromatic carbocycles. The number of piperidine rings is 2. The Balaban J connectivity index is 1.41. The highest BCUT2D eigenvalue weighted by atomic mass is 16.6. The van der Waals surface area contributed by atoms with Crippen LogP contribution in [0.25, 0.3) is 11.3 Å². The van der Waals surface area contributed by atoms with Crippen LogP contribution in [-0.4, -0.2) is 70.4 Å². The molecule has 0 aliphatic carbocycles. The lowest BCUT2D eigenvalue weighted by atomic mass is 9.97. The first-order valence-corrected chi connectivity index (χ1v) is 10.6. The molecule has 1 atom stereocenters. The summed E-state index contributed by atoms with van der Waals surface area (Å²) in [5, 5.41) is 7.82. The number of anilines is 2. The number of aromatic nitrogens is 4. The van der Waals surface area contributed by atoms with Crippen LogP contribution in [0.15, 0.2) is 4.63 Å². The molecule has 5 rings (SSSR count). The molecular formula is C19H27N7O2. The lowest BCUT2D eigenvalue weighted by Gasteiger charge is -2.37. The molecule has 9 nitrogen and oxygen atoms in total. The Labute approximate surface area is 164 Å². The summed E-state index contributed by atoms with van der Waals surface area (Å²) in [5.74, 6) is 2.57. The molecule has 0 radical (unpaired) electrons. The van der Waals surface area contributed by atoms with E-state index in [-0.39, 0.29) is 0 Å². The van der Waals surface area contributed by atoms with E-state index >= 15 is 0 Å². The predicted octanol–water partition coefficient (Wildman–Crippen LogP) is 1.84. The third-order valence-electron chi connectivity index (χ3n) is 6.20. The maximum atomic E-state index is 12.0. The molecule has 3 saturated heterocycles. The molecule has 9 heteroatoms. The van der Waals surface area contributed by atoms with E-state index in [1.165, 1.54) is 19.3 Å². The summed E-state index contributed by atoms with van der Waals surface area (Å²) in [7, 11) is 0. The zero-order valence-corrected chi connectivity index (χ0v) is 16.2. The molecule has 0 bridgehead atoms. The van der Waals surface area contributed by atoms with Crippen LogP contribution >= 0.6 is 0 Å². The minimum atomic E-state index is 0.306. The molecule has 1 unspecified atom stereocenters. The van der Waals surface area contributed by atoms with Crippen molar-refractivity contribution in [2.24, 2.45) is 5.92 Å². The van der Waals surface area contributed by atoms with Gasteiger partial charge in [0.2, 0.25) is 17.2 Å². The Kier molecular flexibility index (Phi) is 4.74. The van der Waals surface area contributed by atoms with Gasteiger partial charge in [0.1, 0.15) is 0 Å². The number of hydrogen-bond donors (Lipinski definition) is 0. The van der Waals surface area contributed by atoms with Gasteiger partial charge in [-0.3, -0.25) is 4.79 Å². The first kappa shape index (κ1) is 17.6. The molecule has 28 heavy (non-hydrogen) atoms. The number of amides is 1. The second-order valence-electron chi connectivity index (χ2n) is 8.23. The lowest BCUT2D eigenvalue weighted by molar-refractivity contribution is -0.128. The standard InChI is InChI=1S/C19H27N7O2/c27-15-7-5-10-25(15)12-14-6-4-11-26(13-14)19-18(24-8-2-1-3-9-24)20-16-17(21-19)23-28-22-16/h14H,1-13H2. The topological polar surface area (TPSA) is 91.5 Å². The minimum Gasteiger partial charge on any atom is -0.353 e. The highest BCUT2D eigenvalue weighted by molar-refractivity contribution is 5.78. The highest BCUT2D eigenvalue weighted by Gasteiger charge is 2.30. The van der Waals surface area contributed by atoms with Crippen LogP contribution < -0.4 is 9.80 Å². The molecule has 3 aliphatic rings. The van der Waals surface area contributed by atoms with Gasteiger partial charge in [-0.05, 0) is 54.8 Å². The van der Waals surface area contributed by atoms with Crippen molar-refractivity contribution in [2.45, 2.75) is 44.9 Å². The van der Waals surface area contributed by atoms with Gasteiger partial charge in [0, 0.05) is 45.7 Å². The maximum absolute atomic E-state index is 12.0. The van der Waals surface area contributed by atoms with E-state index in [9.17, 15) is 4.79 Å². The first-order valence-electron chi connectivity index (χ1n) is 10.6. The third kappa shape index (κ3) is 3.38. The van der Waals surface area contributed by atoms with Crippen molar-refractivity contribution in [1.29, 1.82) is 0 Å². The second kappa shape index (κ2) is 7.52. The van der Waals surface area contributed by atoms with Gasteiger partial charge in [0.15, 0.2) is 11.6 Å². The van der Waals surface area contributed by atoms with Gasteiger partial charge in [-0.25, -0.2) is 14.6 Å². The normalized spacial score (nSPS) is 23.8. The number of carbonyl (C=O) groups excluding carboxylic acids is 1. The van der Waals surface area contributed by atoms with Crippen molar-refractivity contribution in [3.63, 3.8) is 0 Å². The highest BCUT2D eigenvalue weighted by Crippen LogP contribution is 2.32. The number of fused-ring (bicyclic) bond motifs is 1. The maximum Gasteiger partial charge on any atom is 0.245 e. The Hall–Kier alpha value is -2.45. The van der Waals surface area contributed by atoms with Crippen LogP contribution in [0.4, 0.5) is 11.6 Å². The Morgan fingerprint density at radius 2 is 1.57 bits per heavy atom. The van der Waals surface area contributed by atoms with Crippen LogP contribution in [0.3, 0.4) is 0 Å². The molecular weight excluding hydrogens is 358 g/mol. The predicted molar refractivity (Wildman–Crippen MR) is 104 cm³/mol. The summed E-state index contributed by atoms with van der Waals surface area (Å²) in [4.78, 5) is 28.3. The zero-order chi connectivity index (χ0) is 18.9. The number of nitrogens with zero attached hydrogens (tertiary/aromatic N) is 7. The summed E-state index contributed by atoms with van der Waals surface area (Å²) in [5.41, 5.74) is 0.938. The van der Waals surface area contributed by atoms with E-state index < -0.39 is 0 Å². The van der Waals surface area contributed by atoms with Crippen LogP contribution in [0.1, 0.15) is 44.9 Å². The van der Waals surface area contributed by atoms with Gasteiger partial charge in [0.25, 0.3) is 0 Å². The smallest absolute Gasteiger partial charge is 0.245 e. The van der Waals surface area contributed by atoms with Crippen molar-refractivity contribution in [2.75, 3.05) is 49.1 Å². The average molecular weight is 385 g/mol. The Morgan fingerprint density at radius 1 is 0.857 bits per heavy atom. The summed E-state index contributed by atoms with van der Waals surface area (Å²) >= 11 is 0. The van der Waals surface area contributed by atoms with Crippen molar-refractivity contribution >= 4 is 28.8 Å². The fourth-order valence-electron chi connectivity index (χ4n) is 4.77. The van der Waals surface area contributed by atoms with E-state index in [1.54, 1.807) is 0 Å². The molecule has 0 spiro atoms. The monoisotopic (exact) mass is 385 g/mol. The van der Waals surface area contributed by atoms with Gasteiger partial charge < -0.3 is 14.7 Å². The van der Waals surface area contributed by atoms with Crippen LogP contribution in [0, 0.1) is 5.92 Å². The van der Waals surface area contributed by atoms with E-state index in [0.717, 1.165) is 70.2 Å². The quantitative estimate of drug-likeness (QED) is 0.787.